The van der Waals surface area contributed by atoms with Gasteiger partial charge in [-0.25, -0.2) is 4.98 Å². The maximum atomic E-state index is 5.43. The van der Waals surface area contributed by atoms with E-state index in [0.717, 1.165) is 30.2 Å². The molecule has 2 aromatic rings. The fourth-order valence-corrected chi connectivity index (χ4v) is 2.04. The predicted octanol–water partition coefficient (Wildman–Crippen LogP) is 4.22. The third-order valence-corrected chi connectivity index (χ3v) is 3.16. The highest BCUT2D eigenvalue weighted by atomic mass is 16.5. The van der Waals surface area contributed by atoms with E-state index in [0.29, 0.717) is 12.6 Å². The Balaban J connectivity index is 1.91. The van der Waals surface area contributed by atoms with E-state index < -0.39 is 0 Å². The molecule has 0 atom stereocenters. The molecule has 5 nitrogen and oxygen atoms in total. The smallest absolute Gasteiger partial charge is 0.229 e. The Hall–Kier alpha value is -2.30. The Morgan fingerprint density at radius 2 is 1.86 bits per heavy atom. The van der Waals surface area contributed by atoms with Crippen LogP contribution in [0.25, 0.3) is 0 Å². The molecule has 0 aliphatic rings. The zero-order valence-electron chi connectivity index (χ0n) is 13.3. The fourth-order valence-electron chi connectivity index (χ4n) is 2.04. The topological polar surface area (TPSA) is 59.1 Å². The van der Waals surface area contributed by atoms with Gasteiger partial charge in [-0.15, -0.1) is 0 Å². The van der Waals surface area contributed by atoms with Gasteiger partial charge in [0.15, 0.2) is 0 Å². The zero-order valence-corrected chi connectivity index (χ0v) is 13.3. The highest BCUT2D eigenvalue weighted by molar-refractivity contribution is 5.55. The van der Waals surface area contributed by atoms with Crippen LogP contribution < -0.4 is 15.4 Å². The average molecular weight is 300 g/mol. The Labute approximate surface area is 132 Å². The van der Waals surface area contributed by atoms with Crippen molar-refractivity contribution < 1.29 is 4.74 Å². The fraction of sp³-hybridized carbons (Fsp3) is 0.412. The number of anilines is 3. The minimum atomic E-state index is 0.588. The van der Waals surface area contributed by atoms with Gasteiger partial charge in [0.05, 0.1) is 6.61 Å². The number of benzene rings is 1. The van der Waals surface area contributed by atoms with E-state index in [1.54, 1.807) is 6.20 Å². The summed E-state index contributed by atoms with van der Waals surface area (Å²) in [6.07, 6.45) is 5.36. The van der Waals surface area contributed by atoms with Crippen molar-refractivity contribution in [3.05, 3.63) is 36.5 Å². The average Bonchev–Trinajstić information content (AvgIpc) is 2.54. The minimum absolute atomic E-state index is 0.588. The summed E-state index contributed by atoms with van der Waals surface area (Å²) in [5, 5.41) is 6.52. The third-order valence-electron chi connectivity index (χ3n) is 3.16. The van der Waals surface area contributed by atoms with E-state index in [1.165, 1.54) is 12.8 Å². The molecule has 5 heteroatoms. The van der Waals surface area contributed by atoms with Crippen LogP contribution >= 0.6 is 0 Å². The highest BCUT2D eigenvalue weighted by Gasteiger charge is 2.00. The SMILES string of the molecule is CCCCCNc1ccnc(Nc2ccc(OCC)cc2)n1. The number of ether oxygens (including phenoxy) is 1. The summed E-state index contributed by atoms with van der Waals surface area (Å²) >= 11 is 0. The molecule has 0 radical (unpaired) electrons. The number of rotatable bonds is 9. The van der Waals surface area contributed by atoms with Crippen molar-refractivity contribution in [2.24, 2.45) is 0 Å². The van der Waals surface area contributed by atoms with Crippen molar-refractivity contribution in [1.29, 1.82) is 0 Å². The maximum absolute atomic E-state index is 5.43. The van der Waals surface area contributed by atoms with Crippen LogP contribution in [0.3, 0.4) is 0 Å². The van der Waals surface area contributed by atoms with Gasteiger partial charge in [0.2, 0.25) is 5.95 Å². The van der Waals surface area contributed by atoms with E-state index in [9.17, 15) is 0 Å². The lowest BCUT2D eigenvalue weighted by molar-refractivity contribution is 0.340. The number of unbranched alkanes of at least 4 members (excludes halogenated alkanes) is 2. The van der Waals surface area contributed by atoms with Gasteiger partial charge in [-0.1, -0.05) is 19.8 Å². The molecule has 0 aliphatic heterocycles. The lowest BCUT2D eigenvalue weighted by Gasteiger charge is -2.09. The number of hydrogen-bond acceptors (Lipinski definition) is 5. The third kappa shape index (κ3) is 5.24. The molecule has 0 saturated heterocycles. The molecule has 0 unspecified atom stereocenters. The molecule has 1 aromatic carbocycles. The second kappa shape index (κ2) is 8.87. The zero-order chi connectivity index (χ0) is 15.6. The van der Waals surface area contributed by atoms with Gasteiger partial charge in [0, 0.05) is 18.4 Å². The molecule has 0 aliphatic carbocycles. The first-order valence-corrected chi connectivity index (χ1v) is 7.88. The summed E-state index contributed by atoms with van der Waals surface area (Å²) in [5.41, 5.74) is 0.937. The van der Waals surface area contributed by atoms with Crippen molar-refractivity contribution in [3.8, 4) is 5.75 Å². The molecule has 22 heavy (non-hydrogen) atoms. The Morgan fingerprint density at radius 1 is 1.05 bits per heavy atom. The minimum Gasteiger partial charge on any atom is -0.494 e. The molecular formula is C17H24N4O. The first-order chi connectivity index (χ1) is 10.8. The van der Waals surface area contributed by atoms with Crippen LogP contribution in [0, 0.1) is 0 Å². The second-order valence-corrected chi connectivity index (χ2v) is 4.98. The predicted molar refractivity (Wildman–Crippen MR) is 90.9 cm³/mol. The lowest BCUT2D eigenvalue weighted by Crippen LogP contribution is -2.05. The normalized spacial score (nSPS) is 10.3. The van der Waals surface area contributed by atoms with Gasteiger partial charge in [0.25, 0.3) is 0 Å². The summed E-state index contributed by atoms with van der Waals surface area (Å²) in [5.74, 6) is 2.30. The molecule has 1 aromatic heterocycles. The first kappa shape index (κ1) is 16.1. The Morgan fingerprint density at radius 3 is 2.59 bits per heavy atom. The lowest BCUT2D eigenvalue weighted by atomic mass is 10.2. The van der Waals surface area contributed by atoms with Crippen LogP contribution in [0.15, 0.2) is 36.5 Å². The summed E-state index contributed by atoms with van der Waals surface area (Å²) < 4.78 is 5.43. The molecule has 2 rings (SSSR count). The molecule has 2 N–H and O–H groups in total. The molecule has 0 amide bonds. The van der Waals surface area contributed by atoms with Gasteiger partial charge in [-0.3, -0.25) is 0 Å². The van der Waals surface area contributed by atoms with Crippen LogP contribution in [0.1, 0.15) is 33.1 Å². The molecule has 0 saturated carbocycles. The van der Waals surface area contributed by atoms with E-state index in [2.05, 4.69) is 27.5 Å². The van der Waals surface area contributed by atoms with Gasteiger partial charge < -0.3 is 15.4 Å². The quantitative estimate of drug-likeness (QED) is 0.679. The van der Waals surface area contributed by atoms with Crippen LogP contribution in [0.2, 0.25) is 0 Å². The van der Waals surface area contributed by atoms with Crippen LogP contribution in [0.5, 0.6) is 5.75 Å². The Bertz CT molecular complexity index is 557. The van der Waals surface area contributed by atoms with Crippen LogP contribution in [-0.2, 0) is 0 Å². The molecule has 0 fully saturated rings. The van der Waals surface area contributed by atoms with E-state index in [1.807, 2.05) is 37.3 Å². The second-order valence-electron chi connectivity index (χ2n) is 4.98. The van der Waals surface area contributed by atoms with E-state index in [-0.39, 0.29) is 0 Å². The van der Waals surface area contributed by atoms with Gasteiger partial charge in [-0.2, -0.15) is 4.98 Å². The van der Waals surface area contributed by atoms with Crippen LogP contribution in [-0.4, -0.2) is 23.1 Å². The van der Waals surface area contributed by atoms with Gasteiger partial charge in [-0.05, 0) is 43.7 Å². The summed E-state index contributed by atoms with van der Waals surface area (Å²) in [6, 6.07) is 9.65. The van der Waals surface area contributed by atoms with Crippen molar-refractivity contribution in [1.82, 2.24) is 9.97 Å². The molecule has 0 spiro atoms. The van der Waals surface area contributed by atoms with Crippen molar-refractivity contribution in [2.75, 3.05) is 23.8 Å². The number of nitrogens with one attached hydrogen (secondary N) is 2. The van der Waals surface area contributed by atoms with E-state index >= 15 is 0 Å². The largest absolute Gasteiger partial charge is 0.494 e. The van der Waals surface area contributed by atoms with Crippen molar-refractivity contribution in [2.45, 2.75) is 33.1 Å². The summed E-state index contributed by atoms with van der Waals surface area (Å²) in [6.45, 7) is 5.78. The molecular weight excluding hydrogens is 276 g/mol. The molecule has 0 bridgehead atoms. The van der Waals surface area contributed by atoms with Crippen molar-refractivity contribution >= 4 is 17.5 Å². The van der Waals surface area contributed by atoms with Crippen LogP contribution in [0.4, 0.5) is 17.5 Å². The highest BCUT2D eigenvalue weighted by Crippen LogP contribution is 2.18. The monoisotopic (exact) mass is 300 g/mol. The van der Waals surface area contributed by atoms with Gasteiger partial charge >= 0.3 is 0 Å². The summed E-state index contributed by atoms with van der Waals surface area (Å²) in [4.78, 5) is 8.70. The first-order valence-electron chi connectivity index (χ1n) is 7.88. The maximum Gasteiger partial charge on any atom is 0.229 e. The molecule has 118 valence electrons. The number of nitrogens with zero attached hydrogens (tertiary/aromatic N) is 2. The number of aromatic nitrogens is 2. The number of hydrogen-bond donors (Lipinski definition) is 2. The standard InChI is InChI=1S/C17H24N4O/c1-3-5-6-12-18-16-11-13-19-17(21-16)20-14-7-9-15(10-8-14)22-4-2/h7-11,13H,3-6,12H2,1-2H3,(H2,18,19,20,21). The summed E-state index contributed by atoms with van der Waals surface area (Å²) in [7, 11) is 0. The molecule has 1 heterocycles. The van der Waals surface area contributed by atoms with Crippen molar-refractivity contribution in [3.63, 3.8) is 0 Å². The van der Waals surface area contributed by atoms with E-state index in [4.69, 9.17) is 4.74 Å². The Kier molecular flexibility index (Phi) is 6.48. The van der Waals surface area contributed by atoms with Gasteiger partial charge in [0.1, 0.15) is 11.6 Å².